The zero-order valence-corrected chi connectivity index (χ0v) is 6.89. The molecule has 0 aromatic carbocycles. The molecule has 1 aromatic rings. The van der Waals surface area contributed by atoms with E-state index in [1.54, 1.807) is 0 Å². The predicted octanol–water partition coefficient (Wildman–Crippen LogP) is 1.80. The molecule has 4 nitrogen and oxygen atoms in total. The zero-order chi connectivity index (χ0) is 9.90. The highest BCUT2D eigenvalue weighted by Crippen LogP contribution is 2.15. The first-order valence-corrected chi connectivity index (χ1v) is 3.48. The standard InChI is InChI=1S/C5H4ClF3N2O2/c6-4-10-3(11-13-4)1-12-2-5(7,8)9/h1-2H2. The van der Waals surface area contributed by atoms with Crippen LogP contribution in [-0.2, 0) is 11.3 Å². The van der Waals surface area contributed by atoms with Gasteiger partial charge in [0.15, 0.2) is 5.82 Å². The van der Waals surface area contributed by atoms with Gasteiger partial charge in [-0.2, -0.15) is 18.2 Å². The number of hydrogen-bond donors (Lipinski definition) is 0. The monoisotopic (exact) mass is 216 g/mol. The second kappa shape index (κ2) is 3.93. The Balaban J connectivity index is 2.28. The van der Waals surface area contributed by atoms with E-state index in [9.17, 15) is 13.2 Å². The number of aromatic nitrogens is 2. The van der Waals surface area contributed by atoms with E-state index in [4.69, 9.17) is 11.6 Å². The van der Waals surface area contributed by atoms with E-state index in [1.807, 2.05) is 0 Å². The molecule has 0 aliphatic carbocycles. The summed E-state index contributed by atoms with van der Waals surface area (Å²) in [6.45, 7) is -1.73. The van der Waals surface area contributed by atoms with Gasteiger partial charge in [-0.15, -0.1) is 0 Å². The molecule has 0 N–H and O–H groups in total. The molecule has 0 aliphatic rings. The van der Waals surface area contributed by atoms with Gasteiger partial charge in [0.2, 0.25) is 0 Å². The van der Waals surface area contributed by atoms with E-state index in [1.165, 1.54) is 0 Å². The summed E-state index contributed by atoms with van der Waals surface area (Å²) in [6, 6.07) is 0. The van der Waals surface area contributed by atoms with Crippen LogP contribution in [-0.4, -0.2) is 22.9 Å². The lowest BCUT2D eigenvalue weighted by molar-refractivity contribution is -0.177. The summed E-state index contributed by atoms with van der Waals surface area (Å²) in [5.41, 5.74) is 0. The summed E-state index contributed by atoms with van der Waals surface area (Å²) < 4.78 is 43.2. The highest BCUT2D eigenvalue weighted by molar-refractivity contribution is 6.27. The number of ether oxygens (including phenoxy) is 1. The van der Waals surface area contributed by atoms with Crippen molar-refractivity contribution in [2.45, 2.75) is 12.8 Å². The summed E-state index contributed by atoms with van der Waals surface area (Å²) in [6.07, 6.45) is -4.35. The van der Waals surface area contributed by atoms with Crippen LogP contribution in [0.1, 0.15) is 5.82 Å². The van der Waals surface area contributed by atoms with Crippen molar-refractivity contribution >= 4 is 11.6 Å². The largest absolute Gasteiger partial charge is 0.411 e. The molecule has 0 fully saturated rings. The molecule has 0 saturated carbocycles. The van der Waals surface area contributed by atoms with Gasteiger partial charge in [0.05, 0.1) is 0 Å². The van der Waals surface area contributed by atoms with Crippen LogP contribution in [0.5, 0.6) is 0 Å². The van der Waals surface area contributed by atoms with Crippen LogP contribution in [0.2, 0.25) is 5.35 Å². The highest BCUT2D eigenvalue weighted by atomic mass is 35.5. The highest BCUT2D eigenvalue weighted by Gasteiger charge is 2.27. The van der Waals surface area contributed by atoms with Crippen molar-refractivity contribution in [2.75, 3.05) is 6.61 Å². The van der Waals surface area contributed by atoms with Crippen molar-refractivity contribution in [3.8, 4) is 0 Å². The molecule has 0 amide bonds. The van der Waals surface area contributed by atoms with Gasteiger partial charge in [0.1, 0.15) is 13.2 Å². The summed E-state index contributed by atoms with van der Waals surface area (Å²) >= 11 is 5.21. The van der Waals surface area contributed by atoms with Gasteiger partial charge in [-0.25, -0.2) is 0 Å². The quantitative estimate of drug-likeness (QED) is 0.773. The molecule has 13 heavy (non-hydrogen) atoms. The third-order valence-electron chi connectivity index (χ3n) is 0.940. The molecule has 74 valence electrons. The Bertz CT molecular complexity index is 275. The van der Waals surface area contributed by atoms with E-state index in [-0.39, 0.29) is 17.8 Å². The summed E-state index contributed by atoms with van der Waals surface area (Å²) in [4.78, 5) is 3.43. The fraction of sp³-hybridized carbons (Fsp3) is 0.600. The molecule has 1 aromatic heterocycles. The Morgan fingerprint density at radius 3 is 2.62 bits per heavy atom. The van der Waals surface area contributed by atoms with Gasteiger partial charge in [0, 0.05) is 0 Å². The van der Waals surface area contributed by atoms with Crippen LogP contribution in [0.15, 0.2) is 4.52 Å². The Morgan fingerprint density at radius 1 is 1.46 bits per heavy atom. The Labute approximate surface area is 75.6 Å². The maximum absolute atomic E-state index is 11.5. The molecule has 0 unspecified atom stereocenters. The van der Waals surface area contributed by atoms with Crippen molar-refractivity contribution in [3.05, 3.63) is 11.2 Å². The molecule has 0 saturated heterocycles. The summed E-state index contributed by atoms with van der Waals surface area (Å²) in [7, 11) is 0. The lowest BCUT2D eigenvalue weighted by Crippen LogP contribution is -2.16. The van der Waals surface area contributed by atoms with Crippen LogP contribution >= 0.6 is 11.6 Å². The number of nitrogens with zero attached hydrogens (tertiary/aromatic N) is 2. The molecule has 0 bridgehead atoms. The average Bonchev–Trinajstić information content (AvgIpc) is 2.33. The SMILES string of the molecule is FC(F)(F)COCc1noc(Cl)n1. The summed E-state index contributed by atoms with van der Waals surface area (Å²) in [5.74, 6) is -0.0192. The minimum Gasteiger partial charge on any atom is -0.364 e. The van der Waals surface area contributed by atoms with E-state index >= 15 is 0 Å². The first kappa shape index (κ1) is 10.3. The van der Waals surface area contributed by atoms with E-state index in [0.717, 1.165) is 0 Å². The van der Waals surface area contributed by atoms with Gasteiger partial charge in [-0.3, -0.25) is 0 Å². The molecule has 1 rings (SSSR count). The lowest BCUT2D eigenvalue weighted by atomic mass is 10.6. The van der Waals surface area contributed by atoms with Crippen LogP contribution in [0.25, 0.3) is 0 Å². The molecule has 1 heterocycles. The van der Waals surface area contributed by atoms with Crippen molar-refractivity contribution < 1.29 is 22.4 Å². The van der Waals surface area contributed by atoms with Gasteiger partial charge in [-0.05, 0) is 11.6 Å². The molecular formula is C5H4ClF3N2O2. The van der Waals surface area contributed by atoms with Crippen molar-refractivity contribution in [3.63, 3.8) is 0 Å². The first-order valence-electron chi connectivity index (χ1n) is 3.10. The first-order chi connectivity index (χ1) is 5.97. The van der Waals surface area contributed by atoms with Crippen LogP contribution in [0.3, 0.4) is 0 Å². The van der Waals surface area contributed by atoms with Gasteiger partial charge >= 0.3 is 11.5 Å². The van der Waals surface area contributed by atoms with Gasteiger partial charge in [0.25, 0.3) is 0 Å². The maximum Gasteiger partial charge on any atom is 0.411 e. The van der Waals surface area contributed by atoms with E-state index < -0.39 is 12.8 Å². The molecular weight excluding hydrogens is 213 g/mol. The summed E-state index contributed by atoms with van der Waals surface area (Å²) in [5, 5.41) is 2.99. The van der Waals surface area contributed by atoms with Crippen LogP contribution in [0.4, 0.5) is 13.2 Å². The topological polar surface area (TPSA) is 48.2 Å². The van der Waals surface area contributed by atoms with E-state index in [0.29, 0.717) is 0 Å². The zero-order valence-electron chi connectivity index (χ0n) is 6.14. The molecule has 0 spiro atoms. The molecule has 0 radical (unpaired) electrons. The number of halogens is 4. The van der Waals surface area contributed by atoms with Crippen LogP contribution in [0, 0.1) is 0 Å². The van der Waals surface area contributed by atoms with Gasteiger partial charge in [-0.1, -0.05) is 5.16 Å². The third kappa shape index (κ3) is 4.09. The molecule has 0 aliphatic heterocycles. The number of rotatable bonds is 3. The molecule has 8 heteroatoms. The Kier molecular flexibility index (Phi) is 3.10. The van der Waals surface area contributed by atoms with Crippen LogP contribution < -0.4 is 0 Å². The van der Waals surface area contributed by atoms with Crippen molar-refractivity contribution in [2.24, 2.45) is 0 Å². The minimum atomic E-state index is -4.35. The lowest BCUT2D eigenvalue weighted by Gasteiger charge is -2.04. The Hall–Kier alpha value is -0.820. The smallest absolute Gasteiger partial charge is 0.364 e. The van der Waals surface area contributed by atoms with E-state index in [2.05, 4.69) is 19.4 Å². The Morgan fingerprint density at radius 2 is 2.15 bits per heavy atom. The fourth-order valence-corrected chi connectivity index (χ4v) is 0.681. The molecule has 0 atom stereocenters. The second-order valence-electron chi connectivity index (χ2n) is 2.07. The fourth-order valence-electron chi connectivity index (χ4n) is 0.549. The van der Waals surface area contributed by atoms with Crippen molar-refractivity contribution in [1.29, 1.82) is 0 Å². The predicted molar refractivity (Wildman–Crippen MR) is 35.0 cm³/mol. The average molecular weight is 217 g/mol. The minimum absolute atomic E-state index is 0.0192. The number of alkyl halides is 3. The number of hydrogen-bond acceptors (Lipinski definition) is 4. The van der Waals surface area contributed by atoms with Gasteiger partial charge < -0.3 is 9.26 Å². The third-order valence-corrected chi connectivity index (χ3v) is 1.09. The maximum atomic E-state index is 11.5. The second-order valence-corrected chi connectivity index (χ2v) is 2.39. The van der Waals surface area contributed by atoms with Crippen molar-refractivity contribution in [1.82, 2.24) is 10.1 Å². The normalized spacial score (nSPS) is 12.0.